The van der Waals surface area contributed by atoms with Crippen molar-refractivity contribution >= 4 is 0 Å². The molecule has 5 rings (SSSR count). The Labute approximate surface area is 186 Å². The van der Waals surface area contributed by atoms with E-state index in [4.69, 9.17) is 4.98 Å². The third-order valence-corrected chi connectivity index (χ3v) is 5.97. The molecule has 0 saturated carbocycles. The van der Waals surface area contributed by atoms with Crippen molar-refractivity contribution in [1.29, 1.82) is 0 Å². The fraction of sp³-hybridized carbons (Fsp3) is 0.333. The van der Waals surface area contributed by atoms with Crippen LogP contribution in [0, 0.1) is 5.82 Å². The molecular weight excluding hydrogens is 405 g/mol. The predicted octanol–water partition coefficient (Wildman–Crippen LogP) is 4.37. The lowest BCUT2D eigenvalue weighted by Gasteiger charge is -2.18. The standard InChI is InChI=1S/C24H26FN7/c1-17(2)32-13-18(11-29-32)12-30-10-8-21(14-30)31-16-28-23(19-3-5-20(25)6-4-19)24(31)22-7-9-26-15-27-22/h3-7,9,11,13,15-17,21H,8,10,12,14H2,1-2H3. The van der Waals surface area contributed by atoms with E-state index in [0.717, 1.165) is 48.7 Å². The molecule has 1 aromatic carbocycles. The Morgan fingerprint density at radius 2 is 1.97 bits per heavy atom. The fourth-order valence-corrected chi connectivity index (χ4v) is 4.32. The Morgan fingerprint density at radius 1 is 1.12 bits per heavy atom. The van der Waals surface area contributed by atoms with Crippen LogP contribution >= 0.6 is 0 Å². The summed E-state index contributed by atoms with van der Waals surface area (Å²) in [5.74, 6) is -0.260. The van der Waals surface area contributed by atoms with Crippen molar-refractivity contribution in [2.75, 3.05) is 13.1 Å². The van der Waals surface area contributed by atoms with Crippen LogP contribution in [0.2, 0.25) is 0 Å². The zero-order valence-corrected chi connectivity index (χ0v) is 18.3. The first-order valence-electron chi connectivity index (χ1n) is 10.9. The zero-order valence-electron chi connectivity index (χ0n) is 18.3. The van der Waals surface area contributed by atoms with Gasteiger partial charge in [0.05, 0.1) is 29.6 Å². The highest BCUT2D eigenvalue weighted by Gasteiger charge is 2.28. The molecule has 4 heterocycles. The van der Waals surface area contributed by atoms with Gasteiger partial charge in [-0.2, -0.15) is 5.10 Å². The number of hydrogen-bond donors (Lipinski definition) is 0. The molecule has 0 aliphatic carbocycles. The quantitative estimate of drug-likeness (QED) is 0.454. The van der Waals surface area contributed by atoms with Crippen molar-refractivity contribution in [3.63, 3.8) is 0 Å². The molecule has 0 N–H and O–H groups in total. The van der Waals surface area contributed by atoms with Crippen LogP contribution in [0.3, 0.4) is 0 Å². The molecule has 0 radical (unpaired) electrons. The van der Waals surface area contributed by atoms with E-state index in [2.05, 4.69) is 44.6 Å². The molecule has 0 amide bonds. The lowest BCUT2D eigenvalue weighted by atomic mass is 10.1. The predicted molar refractivity (Wildman–Crippen MR) is 120 cm³/mol. The topological polar surface area (TPSA) is 64.7 Å². The van der Waals surface area contributed by atoms with E-state index < -0.39 is 0 Å². The fourth-order valence-electron chi connectivity index (χ4n) is 4.32. The molecule has 1 atom stereocenters. The molecule has 1 aliphatic rings. The Kier molecular flexibility index (Phi) is 5.53. The van der Waals surface area contributed by atoms with Crippen LogP contribution in [0.1, 0.15) is 37.9 Å². The Bertz CT molecular complexity index is 1180. The van der Waals surface area contributed by atoms with Gasteiger partial charge in [0.25, 0.3) is 0 Å². The Balaban J connectivity index is 1.42. The number of nitrogens with zero attached hydrogens (tertiary/aromatic N) is 7. The van der Waals surface area contributed by atoms with Crippen LogP contribution in [0.4, 0.5) is 4.39 Å². The van der Waals surface area contributed by atoms with Gasteiger partial charge < -0.3 is 4.57 Å². The van der Waals surface area contributed by atoms with Gasteiger partial charge in [0.15, 0.2) is 0 Å². The molecule has 32 heavy (non-hydrogen) atoms. The molecule has 0 bridgehead atoms. The van der Waals surface area contributed by atoms with E-state index in [0.29, 0.717) is 6.04 Å². The number of aromatic nitrogens is 6. The maximum Gasteiger partial charge on any atom is 0.123 e. The summed E-state index contributed by atoms with van der Waals surface area (Å²) in [4.78, 5) is 15.7. The van der Waals surface area contributed by atoms with Crippen molar-refractivity contribution < 1.29 is 4.39 Å². The molecule has 8 heteroatoms. The van der Waals surface area contributed by atoms with Crippen LogP contribution in [-0.4, -0.2) is 47.3 Å². The SMILES string of the molecule is CC(C)n1cc(CN2CCC(n3cnc(-c4ccc(F)cc4)c3-c3ccncn3)C2)cn1. The van der Waals surface area contributed by atoms with E-state index in [1.54, 1.807) is 24.7 Å². The molecule has 1 fully saturated rings. The van der Waals surface area contributed by atoms with Gasteiger partial charge >= 0.3 is 0 Å². The number of halogens is 1. The Hall–Kier alpha value is -3.39. The highest BCUT2D eigenvalue weighted by atomic mass is 19.1. The molecule has 4 aromatic rings. The number of benzene rings is 1. The van der Waals surface area contributed by atoms with Gasteiger partial charge in [-0.05, 0) is 50.6 Å². The monoisotopic (exact) mass is 431 g/mol. The van der Waals surface area contributed by atoms with Crippen LogP contribution in [0.25, 0.3) is 22.6 Å². The summed E-state index contributed by atoms with van der Waals surface area (Å²) >= 11 is 0. The first-order valence-corrected chi connectivity index (χ1v) is 10.9. The molecule has 3 aromatic heterocycles. The highest BCUT2D eigenvalue weighted by molar-refractivity contribution is 5.76. The normalized spacial score (nSPS) is 16.8. The van der Waals surface area contributed by atoms with Gasteiger partial charge in [-0.25, -0.2) is 19.3 Å². The van der Waals surface area contributed by atoms with Gasteiger partial charge in [-0.1, -0.05) is 0 Å². The van der Waals surface area contributed by atoms with Gasteiger partial charge in [-0.3, -0.25) is 9.58 Å². The number of likely N-dealkylation sites (tertiary alicyclic amines) is 1. The lowest BCUT2D eigenvalue weighted by Crippen LogP contribution is -2.21. The highest BCUT2D eigenvalue weighted by Crippen LogP contribution is 2.35. The van der Waals surface area contributed by atoms with Crippen molar-refractivity contribution in [3.05, 3.63) is 73.0 Å². The summed E-state index contributed by atoms with van der Waals surface area (Å²) in [6, 6.07) is 9.00. The summed E-state index contributed by atoms with van der Waals surface area (Å²) in [7, 11) is 0. The van der Waals surface area contributed by atoms with Gasteiger partial charge in [-0.15, -0.1) is 0 Å². The minimum absolute atomic E-state index is 0.260. The maximum atomic E-state index is 13.5. The van der Waals surface area contributed by atoms with Gasteiger partial charge in [0, 0.05) is 55.2 Å². The first kappa shape index (κ1) is 20.5. The van der Waals surface area contributed by atoms with Crippen LogP contribution in [0.5, 0.6) is 0 Å². The maximum absolute atomic E-state index is 13.5. The average molecular weight is 432 g/mol. The molecule has 164 valence electrons. The van der Waals surface area contributed by atoms with Crippen LogP contribution in [-0.2, 0) is 6.54 Å². The van der Waals surface area contributed by atoms with E-state index in [1.807, 2.05) is 23.3 Å². The third-order valence-electron chi connectivity index (χ3n) is 5.97. The summed E-state index contributed by atoms with van der Waals surface area (Å²) in [6.45, 7) is 7.07. The van der Waals surface area contributed by atoms with E-state index in [1.165, 1.54) is 17.7 Å². The number of rotatable bonds is 6. The van der Waals surface area contributed by atoms with E-state index in [9.17, 15) is 4.39 Å². The Morgan fingerprint density at radius 3 is 2.69 bits per heavy atom. The average Bonchev–Trinajstić information content (AvgIpc) is 3.55. The van der Waals surface area contributed by atoms with E-state index >= 15 is 0 Å². The minimum atomic E-state index is -0.260. The molecule has 0 spiro atoms. The van der Waals surface area contributed by atoms with Crippen molar-refractivity contribution in [1.82, 2.24) is 34.2 Å². The lowest BCUT2D eigenvalue weighted by molar-refractivity contribution is 0.316. The number of hydrogen-bond acceptors (Lipinski definition) is 5. The zero-order chi connectivity index (χ0) is 22.1. The molecule has 1 aliphatic heterocycles. The molecule has 1 unspecified atom stereocenters. The second kappa shape index (κ2) is 8.63. The minimum Gasteiger partial charge on any atom is -0.324 e. The van der Waals surface area contributed by atoms with Gasteiger partial charge in [0.2, 0.25) is 0 Å². The number of imidazole rings is 1. The smallest absolute Gasteiger partial charge is 0.123 e. The van der Waals surface area contributed by atoms with Crippen molar-refractivity contribution in [2.24, 2.45) is 0 Å². The second-order valence-electron chi connectivity index (χ2n) is 8.55. The largest absolute Gasteiger partial charge is 0.324 e. The van der Waals surface area contributed by atoms with Crippen molar-refractivity contribution in [2.45, 2.75) is 38.9 Å². The summed E-state index contributed by atoms with van der Waals surface area (Å²) in [5, 5.41) is 4.47. The molecule has 1 saturated heterocycles. The first-order chi connectivity index (χ1) is 15.6. The van der Waals surface area contributed by atoms with E-state index in [-0.39, 0.29) is 11.9 Å². The van der Waals surface area contributed by atoms with Crippen LogP contribution in [0.15, 0.2) is 61.6 Å². The molecular formula is C24H26FN7. The summed E-state index contributed by atoms with van der Waals surface area (Å²) in [5.41, 5.74) is 4.66. The van der Waals surface area contributed by atoms with Crippen LogP contribution < -0.4 is 0 Å². The third kappa shape index (κ3) is 4.05. The molecule has 7 nitrogen and oxygen atoms in total. The summed E-state index contributed by atoms with van der Waals surface area (Å²) < 4.78 is 17.7. The van der Waals surface area contributed by atoms with Crippen molar-refractivity contribution in [3.8, 4) is 22.6 Å². The van der Waals surface area contributed by atoms with Gasteiger partial charge in [0.1, 0.15) is 12.1 Å². The second-order valence-corrected chi connectivity index (χ2v) is 8.55. The summed E-state index contributed by atoms with van der Waals surface area (Å²) in [6.07, 6.45) is 10.3.